The van der Waals surface area contributed by atoms with Crippen LogP contribution in [0.3, 0.4) is 0 Å². The highest BCUT2D eigenvalue weighted by Crippen LogP contribution is 2.17. The van der Waals surface area contributed by atoms with Gasteiger partial charge in [-0.2, -0.15) is 11.3 Å². The van der Waals surface area contributed by atoms with Gasteiger partial charge in [-0.1, -0.05) is 20.8 Å². The summed E-state index contributed by atoms with van der Waals surface area (Å²) < 4.78 is 0. The van der Waals surface area contributed by atoms with Crippen LogP contribution in [0.1, 0.15) is 32.8 Å². The lowest BCUT2D eigenvalue weighted by Crippen LogP contribution is -2.02. The van der Waals surface area contributed by atoms with Gasteiger partial charge in [-0.25, -0.2) is 0 Å². The van der Waals surface area contributed by atoms with Crippen molar-refractivity contribution in [2.75, 3.05) is 0 Å². The first-order valence-electron chi connectivity index (χ1n) is 4.69. The van der Waals surface area contributed by atoms with E-state index in [9.17, 15) is 0 Å². The van der Waals surface area contributed by atoms with E-state index in [1.54, 1.807) is 11.3 Å². The van der Waals surface area contributed by atoms with Gasteiger partial charge in [-0.15, -0.1) is 0 Å². The minimum atomic E-state index is 0.832. The monoisotopic (exact) mass is 182 g/mol. The van der Waals surface area contributed by atoms with E-state index in [1.807, 2.05) is 0 Å². The van der Waals surface area contributed by atoms with E-state index in [2.05, 4.69) is 37.6 Å². The standard InChI is InChI=1S/C11H18S/c1-9(2)6-10(3)7-11-4-5-12-8-11/h4-5,8-10H,6-7H2,1-3H3. The Hall–Kier alpha value is -0.300. The first-order valence-corrected chi connectivity index (χ1v) is 5.64. The van der Waals surface area contributed by atoms with E-state index in [4.69, 9.17) is 0 Å². The minimum absolute atomic E-state index is 0.832. The minimum Gasteiger partial charge on any atom is -0.152 e. The van der Waals surface area contributed by atoms with Crippen LogP contribution >= 0.6 is 11.3 Å². The predicted molar refractivity (Wildman–Crippen MR) is 56.6 cm³/mol. The number of rotatable bonds is 4. The molecule has 0 saturated carbocycles. The Balaban J connectivity index is 2.32. The van der Waals surface area contributed by atoms with Gasteiger partial charge in [0.25, 0.3) is 0 Å². The molecule has 1 aromatic rings. The third-order valence-corrected chi connectivity index (χ3v) is 2.77. The van der Waals surface area contributed by atoms with Gasteiger partial charge < -0.3 is 0 Å². The molecule has 68 valence electrons. The quantitative estimate of drug-likeness (QED) is 0.661. The van der Waals surface area contributed by atoms with Crippen LogP contribution in [0.15, 0.2) is 16.8 Å². The summed E-state index contributed by atoms with van der Waals surface area (Å²) in [7, 11) is 0. The smallest absolute Gasteiger partial charge is 0.00612 e. The van der Waals surface area contributed by atoms with E-state index < -0.39 is 0 Å². The molecule has 0 nitrogen and oxygen atoms in total. The number of hydrogen-bond acceptors (Lipinski definition) is 1. The maximum atomic E-state index is 2.34. The third-order valence-electron chi connectivity index (χ3n) is 2.04. The maximum absolute atomic E-state index is 2.34. The highest BCUT2D eigenvalue weighted by Gasteiger charge is 2.05. The van der Waals surface area contributed by atoms with Crippen LogP contribution in [0.4, 0.5) is 0 Å². The molecule has 0 aromatic carbocycles. The second kappa shape index (κ2) is 4.66. The van der Waals surface area contributed by atoms with Crippen molar-refractivity contribution in [3.05, 3.63) is 22.4 Å². The highest BCUT2D eigenvalue weighted by molar-refractivity contribution is 7.07. The van der Waals surface area contributed by atoms with Gasteiger partial charge in [0.1, 0.15) is 0 Å². The molecule has 0 fully saturated rings. The summed E-state index contributed by atoms with van der Waals surface area (Å²) >= 11 is 1.80. The number of thiophene rings is 1. The van der Waals surface area contributed by atoms with Gasteiger partial charge >= 0.3 is 0 Å². The predicted octanol–water partition coefficient (Wildman–Crippen LogP) is 3.97. The van der Waals surface area contributed by atoms with Crippen molar-refractivity contribution >= 4 is 11.3 Å². The van der Waals surface area contributed by atoms with E-state index >= 15 is 0 Å². The molecule has 1 atom stereocenters. The average molecular weight is 182 g/mol. The second-order valence-corrected chi connectivity index (χ2v) is 4.85. The van der Waals surface area contributed by atoms with Crippen molar-refractivity contribution in [3.8, 4) is 0 Å². The topological polar surface area (TPSA) is 0 Å². The Morgan fingerprint density at radius 3 is 2.58 bits per heavy atom. The normalized spacial score (nSPS) is 13.7. The van der Waals surface area contributed by atoms with E-state index in [-0.39, 0.29) is 0 Å². The molecule has 0 spiro atoms. The molecule has 1 heterocycles. The fourth-order valence-corrected chi connectivity index (χ4v) is 2.38. The van der Waals surface area contributed by atoms with Crippen LogP contribution in [0, 0.1) is 11.8 Å². The Morgan fingerprint density at radius 1 is 1.33 bits per heavy atom. The molecule has 0 bridgehead atoms. The molecule has 1 unspecified atom stereocenters. The van der Waals surface area contributed by atoms with E-state index in [1.165, 1.54) is 18.4 Å². The first kappa shape index (κ1) is 9.79. The summed E-state index contributed by atoms with van der Waals surface area (Å²) in [6.45, 7) is 6.94. The van der Waals surface area contributed by atoms with Gasteiger partial charge in [0.15, 0.2) is 0 Å². The Morgan fingerprint density at radius 2 is 2.08 bits per heavy atom. The van der Waals surface area contributed by atoms with Crippen molar-refractivity contribution in [1.29, 1.82) is 0 Å². The van der Waals surface area contributed by atoms with Crippen molar-refractivity contribution in [1.82, 2.24) is 0 Å². The molecular formula is C11H18S. The van der Waals surface area contributed by atoms with Crippen LogP contribution in [0.2, 0.25) is 0 Å². The van der Waals surface area contributed by atoms with Gasteiger partial charge in [-0.3, -0.25) is 0 Å². The zero-order chi connectivity index (χ0) is 8.97. The zero-order valence-corrected chi connectivity index (χ0v) is 9.03. The maximum Gasteiger partial charge on any atom is -0.00612 e. The SMILES string of the molecule is CC(C)CC(C)Cc1ccsc1. The summed E-state index contributed by atoms with van der Waals surface area (Å²) in [5, 5.41) is 4.42. The van der Waals surface area contributed by atoms with Crippen molar-refractivity contribution in [2.45, 2.75) is 33.6 Å². The Labute approximate surface area is 79.6 Å². The molecule has 1 rings (SSSR count). The summed E-state index contributed by atoms with van der Waals surface area (Å²) in [5.41, 5.74) is 1.51. The average Bonchev–Trinajstić information content (AvgIpc) is 2.37. The van der Waals surface area contributed by atoms with Gasteiger partial charge in [-0.05, 0) is 47.1 Å². The molecule has 0 aliphatic carbocycles. The largest absolute Gasteiger partial charge is 0.152 e. The van der Waals surface area contributed by atoms with Gasteiger partial charge in [0.2, 0.25) is 0 Å². The van der Waals surface area contributed by atoms with E-state index in [0.29, 0.717) is 0 Å². The summed E-state index contributed by atoms with van der Waals surface area (Å²) in [4.78, 5) is 0. The fourth-order valence-electron chi connectivity index (χ4n) is 1.70. The first-order chi connectivity index (χ1) is 5.68. The highest BCUT2D eigenvalue weighted by atomic mass is 32.1. The summed E-state index contributed by atoms with van der Waals surface area (Å²) in [6, 6.07) is 2.24. The van der Waals surface area contributed by atoms with Crippen LogP contribution < -0.4 is 0 Å². The van der Waals surface area contributed by atoms with Crippen molar-refractivity contribution in [3.63, 3.8) is 0 Å². The van der Waals surface area contributed by atoms with Crippen LogP contribution in [-0.4, -0.2) is 0 Å². The lowest BCUT2D eigenvalue weighted by Gasteiger charge is -2.12. The molecule has 0 aliphatic heterocycles. The Kier molecular flexibility index (Phi) is 3.80. The molecule has 1 aromatic heterocycles. The molecule has 12 heavy (non-hydrogen) atoms. The van der Waals surface area contributed by atoms with E-state index in [0.717, 1.165) is 11.8 Å². The van der Waals surface area contributed by atoms with Gasteiger partial charge in [0, 0.05) is 0 Å². The second-order valence-electron chi connectivity index (χ2n) is 4.07. The van der Waals surface area contributed by atoms with Crippen molar-refractivity contribution in [2.24, 2.45) is 11.8 Å². The van der Waals surface area contributed by atoms with Crippen LogP contribution in [0.25, 0.3) is 0 Å². The molecule has 0 N–H and O–H groups in total. The third kappa shape index (κ3) is 3.40. The lowest BCUT2D eigenvalue weighted by molar-refractivity contribution is 0.437. The molecule has 0 saturated heterocycles. The molecule has 0 aliphatic rings. The van der Waals surface area contributed by atoms with Gasteiger partial charge in [0.05, 0.1) is 0 Å². The Bertz CT molecular complexity index is 199. The summed E-state index contributed by atoms with van der Waals surface area (Å²) in [5.74, 6) is 1.67. The van der Waals surface area contributed by atoms with Crippen molar-refractivity contribution < 1.29 is 0 Å². The zero-order valence-electron chi connectivity index (χ0n) is 8.21. The molecule has 0 amide bonds. The molecule has 0 radical (unpaired) electrons. The fraction of sp³-hybridized carbons (Fsp3) is 0.636. The molecule has 1 heteroatoms. The molecular weight excluding hydrogens is 164 g/mol. The lowest BCUT2D eigenvalue weighted by atomic mass is 9.94. The number of hydrogen-bond donors (Lipinski definition) is 0. The summed E-state index contributed by atoms with van der Waals surface area (Å²) in [6.07, 6.45) is 2.59. The van der Waals surface area contributed by atoms with Crippen LogP contribution in [0.5, 0.6) is 0 Å². The van der Waals surface area contributed by atoms with Crippen LogP contribution in [-0.2, 0) is 6.42 Å².